The minimum atomic E-state index is -0.445. The van der Waals surface area contributed by atoms with Crippen LogP contribution in [0.15, 0.2) is 29.6 Å². The topological polar surface area (TPSA) is 58.6 Å². The van der Waals surface area contributed by atoms with Gasteiger partial charge < -0.3 is 15.0 Å². The molecule has 144 valence electrons. The van der Waals surface area contributed by atoms with Crippen molar-refractivity contribution in [3.63, 3.8) is 0 Å². The Morgan fingerprint density at radius 3 is 2.67 bits per heavy atom. The molecule has 5 nitrogen and oxygen atoms in total. The Kier molecular flexibility index (Phi) is 4.62. The number of likely N-dealkylation sites (tertiary alicyclic amines) is 1. The smallest absolute Gasteiger partial charge is 0.410 e. The number of ether oxygens (including phenoxy) is 1. The second-order valence-corrected chi connectivity index (χ2v) is 9.54. The van der Waals surface area contributed by atoms with E-state index in [0.717, 1.165) is 24.9 Å². The monoisotopic (exact) mass is 386 g/mol. The summed E-state index contributed by atoms with van der Waals surface area (Å²) in [6.07, 6.45) is 0.773. The highest BCUT2D eigenvalue weighted by atomic mass is 32.1. The van der Waals surface area contributed by atoms with Crippen molar-refractivity contribution in [2.45, 2.75) is 32.8 Å². The van der Waals surface area contributed by atoms with Crippen LogP contribution in [-0.4, -0.2) is 42.1 Å². The maximum Gasteiger partial charge on any atom is 0.410 e. The molecule has 3 atom stereocenters. The number of nitrogens with zero attached hydrogens (tertiary/aromatic N) is 1. The van der Waals surface area contributed by atoms with E-state index < -0.39 is 5.60 Å². The first-order valence-corrected chi connectivity index (χ1v) is 10.4. The Labute approximate surface area is 163 Å². The zero-order chi connectivity index (χ0) is 19.2. The molecule has 1 saturated carbocycles. The molecular weight excluding hydrogens is 360 g/mol. The van der Waals surface area contributed by atoms with Gasteiger partial charge in [-0.1, -0.05) is 0 Å². The highest BCUT2D eigenvalue weighted by Gasteiger charge is 2.56. The number of carbonyl (C=O) groups excluding carboxylic acids is 2. The SMILES string of the molecule is CC(C)(C)OC(=O)N1C[C@@H]2C(CCNC(=O)c3ccc4sccc4c3)[C@@H]2C1. The molecular formula is C21H26N2O3S. The lowest BCUT2D eigenvalue weighted by atomic mass is 10.1. The van der Waals surface area contributed by atoms with E-state index >= 15 is 0 Å². The van der Waals surface area contributed by atoms with Gasteiger partial charge in [-0.05, 0) is 80.0 Å². The molecule has 1 N–H and O–H groups in total. The molecule has 2 heterocycles. The Morgan fingerprint density at radius 1 is 1.22 bits per heavy atom. The molecule has 1 aliphatic heterocycles. The van der Waals surface area contributed by atoms with E-state index in [-0.39, 0.29) is 12.0 Å². The van der Waals surface area contributed by atoms with Gasteiger partial charge >= 0.3 is 6.09 Å². The number of thiophene rings is 1. The third kappa shape index (κ3) is 3.95. The Hall–Kier alpha value is -2.08. The van der Waals surface area contributed by atoms with E-state index in [4.69, 9.17) is 4.74 Å². The molecule has 1 aromatic carbocycles. The molecule has 1 unspecified atom stereocenters. The van der Waals surface area contributed by atoms with Crippen molar-refractivity contribution in [1.29, 1.82) is 0 Å². The van der Waals surface area contributed by atoms with Crippen LogP contribution in [0, 0.1) is 17.8 Å². The summed E-state index contributed by atoms with van der Waals surface area (Å²) in [5.41, 5.74) is 0.271. The maximum absolute atomic E-state index is 12.4. The van der Waals surface area contributed by atoms with E-state index in [1.54, 1.807) is 11.3 Å². The number of fused-ring (bicyclic) bond motifs is 2. The standard InChI is InChI=1S/C21H26N2O3S/c1-21(2,3)26-20(25)23-11-16-15(17(16)12-23)6-8-22-19(24)14-4-5-18-13(10-14)7-9-27-18/h4-5,7,9-10,15-17H,6,8,11-12H2,1-3H3,(H,22,24)/t15?,16-,17+. The van der Waals surface area contributed by atoms with Crippen LogP contribution in [-0.2, 0) is 4.74 Å². The van der Waals surface area contributed by atoms with Crippen molar-refractivity contribution in [3.8, 4) is 0 Å². The van der Waals surface area contributed by atoms with E-state index in [0.29, 0.717) is 29.9 Å². The van der Waals surface area contributed by atoms with Crippen molar-refractivity contribution in [1.82, 2.24) is 10.2 Å². The van der Waals surface area contributed by atoms with Crippen molar-refractivity contribution < 1.29 is 14.3 Å². The molecule has 0 radical (unpaired) electrons. The number of piperidine rings is 1. The van der Waals surface area contributed by atoms with Crippen LogP contribution in [0.25, 0.3) is 10.1 Å². The highest BCUT2D eigenvalue weighted by molar-refractivity contribution is 7.17. The van der Waals surface area contributed by atoms with E-state index in [1.807, 2.05) is 55.3 Å². The molecule has 0 spiro atoms. The predicted octanol–water partition coefficient (Wildman–Crippen LogP) is 4.13. The molecule has 2 aromatic rings. The van der Waals surface area contributed by atoms with Crippen molar-refractivity contribution >= 4 is 33.4 Å². The lowest BCUT2D eigenvalue weighted by molar-refractivity contribution is 0.0265. The summed E-state index contributed by atoms with van der Waals surface area (Å²) < 4.78 is 6.64. The van der Waals surface area contributed by atoms with Crippen molar-refractivity contribution in [3.05, 3.63) is 35.2 Å². The van der Waals surface area contributed by atoms with Gasteiger partial charge in [-0.2, -0.15) is 0 Å². The number of rotatable bonds is 4. The first-order chi connectivity index (χ1) is 12.8. The van der Waals surface area contributed by atoms with Gasteiger partial charge in [0.05, 0.1) is 0 Å². The van der Waals surface area contributed by atoms with Crippen LogP contribution in [0.2, 0.25) is 0 Å². The van der Waals surface area contributed by atoms with Gasteiger partial charge in [0.25, 0.3) is 5.91 Å². The fraction of sp³-hybridized carbons (Fsp3) is 0.524. The number of amides is 2. The second-order valence-electron chi connectivity index (χ2n) is 8.59. The van der Waals surface area contributed by atoms with Crippen LogP contribution in [0.3, 0.4) is 0 Å². The number of hydrogen-bond donors (Lipinski definition) is 1. The number of hydrogen-bond acceptors (Lipinski definition) is 4. The van der Waals surface area contributed by atoms with Gasteiger partial charge in [-0.3, -0.25) is 4.79 Å². The number of benzene rings is 1. The molecule has 1 saturated heterocycles. The summed E-state index contributed by atoms with van der Waals surface area (Å²) in [6, 6.07) is 7.88. The molecule has 2 fully saturated rings. The van der Waals surface area contributed by atoms with Crippen LogP contribution in [0.4, 0.5) is 4.79 Å². The molecule has 2 aliphatic rings. The summed E-state index contributed by atoms with van der Waals surface area (Å²) in [5, 5.41) is 6.20. The third-order valence-electron chi connectivity index (χ3n) is 5.50. The van der Waals surface area contributed by atoms with E-state index in [2.05, 4.69) is 5.32 Å². The Bertz CT molecular complexity index is 858. The van der Waals surface area contributed by atoms with E-state index in [1.165, 1.54) is 4.70 Å². The van der Waals surface area contributed by atoms with Gasteiger partial charge in [0.1, 0.15) is 5.60 Å². The fourth-order valence-corrected chi connectivity index (χ4v) is 4.89. The summed E-state index contributed by atoms with van der Waals surface area (Å²) in [7, 11) is 0. The second kappa shape index (κ2) is 6.82. The van der Waals surface area contributed by atoms with Crippen LogP contribution >= 0.6 is 11.3 Å². The largest absolute Gasteiger partial charge is 0.444 e. The van der Waals surface area contributed by atoms with Crippen molar-refractivity contribution in [2.24, 2.45) is 17.8 Å². The lowest BCUT2D eigenvalue weighted by Crippen LogP contribution is -2.37. The number of carbonyl (C=O) groups is 2. The van der Waals surface area contributed by atoms with Crippen LogP contribution in [0.5, 0.6) is 0 Å². The lowest BCUT2D eigenvalue weighted by Gasteiger charge is -2.25. The summed E-state index contributed by atoms with van der Waals surface area (Å²) in [6.45, 7) is 7.93. The summed E-state index contributed by atoms with van der Waals surface area (Å²) >= 11 is 1.68. The average Bonchev–Trinajstić information content (AvgIpc) is 2.99. The Balaban J connectivity index is 1.21. The van der Waals surface area contributed by atoms with Crippen molar-refractivity contribution in [2.75, 3.05) is 19.6 Å². The first kappa shape index (κ1) is 18.3. The zero-order valence-electron chi connectivity index (χ0n) is 16.0. The minimum Gasteiger partial charge on any atom is -0.444 e. The van der Waals surface area contributed by atoms with Crippen LogP contribution in [0.1, 0.15) is 37.6 Å². The summed E-state index contributed by atoms with van der Waals surface area (Å²) in [4.78, 5) is 26.3. The molecule has 1 aliphatic carbocycles. The normalized spacial score (nSPS) is 24.0. The van der Waals surface area contributed by atoms with Gasteiger partial charge in [0.2, 0.25) is 0 Å². The molecule has 0 bridgehead atoms. The predicted molar refractivity (Wildman–Crippen MR) is 107 cm³/mol. The maximum atomic E-state index is 12.4. The molecule has 2 amide bonds. The van der Waals surface area contributed by atoms with Gasteiger partial charge in [0.15, 0.2) is 0 Å². The van der Waals surface area contributed by atoms with Gasteiger partial charge in [-0.15, -0.1) is 11.3 Å². The fourth-order valence-electron chi connectivity index (χ4n) is 4.12. The van der Waals surface area contributed by atoms with Gasteiger partial charge in [-0.25, -0.2) is 4.79 Å². The summed E-state index contributed by atoms with van der Waals surface area (Å²) in [5.74, 6) is 1.74. The molecule has 6 heteroatoms. The third-order valence-corrected chi connectivity index (χ3v) is 6.40. The number of nitrogens with one attached hydrogen (secondary N) is 1. The molecule has 27 heavy (non-hydrogen) atoms. The zero-order valence-corrected chi connectivity index (χ0v) is 16.8. The molecule has 1 aromatic heterocycles. The van der Waals surface area contributed by atoms with E-state index in [9.17, 15) is 9.59 Å². The average molecular weight is 387 g/mol. The first-order valence-electron chi connectivity index (χ1n) is 9.55. The van der Waals surface area contributed by atoms with Crippen LogP contribution < -0.4 is 5.32 Å². The van der Waals surface area contributed by atoms with Gasteiger partial charge in [0, 0.05) is 29.9 Å². The Morgan fingerprint density at radius 2 is 1.96 bits per heavy atom. The highest BCUT2D eigenvalue weighted by Crippen LogP contribution is 2.53. The quantitative estimate of drug-likeness (QED) is 0.859. The molecule has 4 rings (SSSR count). The minimum absolute atomic E-state index is 0.00992.